The minimum absolute atomic E-state index is 0.192. The van der Waals surface area contributed by atoms with Crippen LogP contribution >= 0.6 is 15.9 Å². The van der Waals surface area contributed by atoms with E-state index in [1.165, 1.54) is 0 Å². The third-order valence-corrected chi connectivity index (χ3v) is 4.07. The Morgan fingerprint density at radius 1 is 0.846 bits per heavy atom. The number of halogens is 1. The van der Waals surface area contributed by atoms with Crippen LogP contribution in [0.15, 0.2) is 83.3 Å². The number of carbonyl (C=O) groups is 1. The quantitative estimate of drug-likeness (QED) is 0.546. The molecule has 0 saturated carbocycles. The first-order valence-electron chi connectivity index (χ1n) is 8.19. The highest BCUT2D eigenvalue weighted by atomic mass is 79.9. The van der Waals surface area contributed by atoms with Gasteiger partial charge in [0.15, 0.2) is 0 Å². The maximum atomic E-state index is 12.4. The van der Waals surface area contributed by atoms with Crippen molar-refractivity contribution in [3.63, 3.8) is 0 Å². The van der Waals surface area contributed by atoms with Crippen molar-refractivity contribution in [2.24, 2.45) is 0 Å². The predicted molar refractivity (Wildman–Crippen MR) is 106 cm³/mol. The van der Waals surface area contributed by atoms with Crippen LogP contribution in [0.2, 0.25) is 0 Å². The average molecular weight is 412 g/mol. The fourth-order valence-electron chi connectivity index (χ4n) is 2.35. The van der Waals surface area contributed by atoms with Gasteiger partial charge < -0.3 is 14.8 Å². The summed E-state index contributed by atoms with van der Waals surface area (Å²) >= 11 is 3.37. The molecule has 0 saturated heterocycles. The normalized spacial score (nSPS) is 10.2. The summed E-state index contributed by atoms with van der Waals surface area (Å²) in [4.78, 5) is 12.4. The molecule has 0 radical (unpaired) electrons. The molecule has 0 unspecified atom stereocenters. The van der Waals surface area contributed by atoms with Gasteiger partial charge in [0, 0.05) is 10.0 Å². The fourth-order valence-corrected chi connectivity index (χ4v) is 2.75. The summed E-state index contributed by atoms with van der Waals surface area (Å²) in [5.74, 6) is 1.21. The molecule has 1 N–H and O–H groups in total. The molecular formula is C21H18BrNO3. The molecule has 0 bridgehead atoms. The lowest BCUT2D eigenvalue weighted by atomic mass is 10.2. The Kier molecular flexibility index (Phi) is 6.28. The highest BCUT2D eigenvalue weighted by Gasteiger charge is 2.10. The smallest absolute Gasteiger partial charge is 0.255 e. The van der Waals surface area contributed by atoms with E-state index in [0.717, 1.165) is 10.2 Å². The number of amides is 1. The van der Waals surface area contributed by atoms with E-state index in [9.17, 15) is 4.79 Å². The van der Waals surface area contributed by atoms with Gasteiger partial charge in [0.25, 0.3) is 5.91 Å². The Balaban J connectivity index is 1.58. The molecule has 0 atom stereocenters. The summed E-state index contributed by atoms with van der Waals surface area (Å²) in [7, 11) is 0. The van der Waals surface area contributed by atoms with E-state index in [1.807, 2.05) is 66.7 Å². The van der Waals surface area contributed by atoms with Gasteiger partial charge in [-0.2, -0.15) is 0 Å². The number of hydrogen-bond acceptors (Lipinski definition) is 3. The van der Waals surface area contributed by atoms with Crippen LogP contribution in [0.5, 0.6) is 11.5 Å². The highest BCUT2D eigenvalue weighted by molar-refractivity contribution is 9.10. The zero-order valence-corrected chi connectivity index (χ0v) is 15.6. The number of rotatable bonds is 7. The van der Waals surface area contributed by atoms with Gasteiger partial charge in [-0.1, -0.05) is 52.3 Å². The lowest BCUT2D eigenvalue weighted by Crippen LogP contribution is -2.14. The predicted octanol–water partition coefficient (Wildman–Crippen LogP) is 5.16. The SMILES string of the molecule is O=C(Nc1ccccc1OCCOc1ccccc1)c1cccc(Br)c1. The van der Waals surface area contributed by atoms with Crippen LogP contribution in [0, 0.1) is 0 Å². The number of para-hydroxylation sites is 3. The number of nitrogens with one attached hydrogen (secondary N) is 1. The Morgan fingerprint density at radius 2 is 1.58 bits per heavy atom. The Hall–Kier alpha value is -2.79. The molecule has 3 aromatic rings. The zero-order valence-electron chi connectivity index (χ0n) is 14.0. The summed E-state index contributed by atoms with van der Waals surface area (Å²) in [5, 5.41) is 2.89. The maximum Gasteiger partial charge on any atom is 0.255 e. The van der Waals surface area contributed by atoms with Crippen molar-refractivity contribution in [1.29, 1.82) is 0 Å². The Labute approximate surface area is 160 Å². The first-order chi connectivity index (χ1) is 12.7. The number of carbonyl (C=O) groups excluding carboxylic acids is 1. The molecule has 132 valence electrons. The number of ether oxygens (including phenoxy) is 2. The van der Waals surface area contributed by atoms with Crippen LogP contribution in [-0.4, -0.2) is 19.1 Å². The van der Waals surface area contributed by atoms with Gasteiger partial charge in [-0.3, -0.25) is 4.79 Å². The summed E-state index contributed by atoms with van der Waals surface area (Å²) in [5.41, 5.74) is 1.19. The number of benzene rings is 3. The van der Waals surface area contributed by atoms with Gasteiger partial charge in [0.05, 0.1) is 5.69 Å². The fraction of sp³-hybridized carbons (Fsp3) is 0.0952. The van der Waals surface area contributed by atoms with Crippen molar-refractivity contribution < 1.29 is 14.3 Å². The molecule has 3 aromatic carbocycles. The third kappa shape index (κ3) is 5.10. The van der Waals surface area contributed by atoms with E-state index >= 15 is 0 Å². The summed E-state index contributed by atoms with van der Waals surface area (Å²) < 4.78 is 12.2. The van der Waals surface area contributed by atoms with Gasteiger partial charge in [0.1, 0.15) is 24.7 Å². The molecule has 3 rings (SSSR count). The maximum absolute atomic E-state index is 12.4. The van der Waals surface area contributed by atoms with Crippen LogP contribution < -0.4 is 14.8 Å². The van der Waals surface area contributed by atoms with Crippen LogP contribution in [-0.2, 0) is 0 Å². The molecule has 5 heteroatoms. The van der Waals surface area contributed by atoms with E-state index < -0.39 is 0 Å². The zero-order chi connectivity index (χ0) is 18.2. The molecule has 0 aliphatic rings. The van der Waals surface area contributed by atoms with Gasteiger partial charge in [-0.15, -0.1) is 0 Å². The lowest BCUT2D eigenvalue weighted by Gasteiger charge is -2.13. The average Bonchev–Trinajstić information content (AvgIpc) is 2.67. The third-order valence-electron chi connectivity index (χ3n) is 3.57. The first-order valence-corrected chi connectivity index (χ1v) is 8.98. The molecule has 0 fully saturated rings. The first kappa shape index (κ1) is 18.0. The van der Waals surface area contributed by atoms with Crippen molar-refractivity contribution in [1.82, 2.24) is 0 Å². The van der Waals surface area contributed by atoms with Crippen LogP contribution in [0.3, 0.4) is 0 Å². The second kappa shape index (κ2) is 9.06. The van der Waals surface area contributed by atoms with E-state index in [-0.39, 0.29) is 5.91 Å². The Bertz CT molecular complexity index is 868. The molecule has 1 amide bonds. The topological polar surface area (TPSA) is 47.6 Å². The summed E-state index contributed by atoms with van der Waals surface area (Å²) in [6.45, 7) is 0.788. The lowest BCUT2D eigenvalue weighted by molar-refractivity contribution is 0.102. The molecule has 26 heavy (non-hydrogen) atoms. The standard InChI is InChI=1S/C21H18BrNO3/c22-17-8-6-7-16(15-17)21(24)23-19-11-4-5-12-20(19)26-14-13-25-18-9-2-1-3-10-18/h1-12,15H,13-14H2,(H,23,24). The molecular weight excluding hydrogens is 394 g/mol. The van der Waals surface area contributed by atoms with Gasteiger partial charge in [0.2, 0.25) is 0 Å². The van der Waals surface area contributed by atoms with E-state index in [4.69, 9.17) is 9.47 Å². The van der Waals surface area contributed by atoms with Crippen molar-refractivity contribution in [2.75, 3.05) is 18.5 Å². The minimum atomic E-state index is -0.192. The number of anilines is 1. The number of hydrogen-bond donors (Lipinski definition) is 1. The van der Waals surface area contributed by atoms with Crippen LogP contribution in [0.4, 0.5) is 5.69 Å². The van der Waals surface area contributed by atoms with Gasteiger partial charge in [-0.25, -0.2) is 0 Å². The molecule has 0 aliphatic carbocycles. The Morgan fingerprint density at radius 3 is 2.38 bits per heavy atom. The van der Waals surface area contributed by atoms with Crippen LogP contribution in [0.1, 0.15) is 10.4 Å². The highest BCUT2D eigenvalue weighted by Crippen LogP contribution is 2.24. The van der Waals surface area contributed by atoms with Gasteiger partial charge >= 0.3 is 0 Å². The summed E-state index contributed by atoms with van der Waals surface area (Å²) in [6.07, 6.45) is 0. The van der Waals surface area contributed by atoms with Crippen molar-refractivity contribution in [2.45, 2.75) is 0 Å². The second-order valence-corrected chi connectivity index (χ2v) is 6.39. The summed E-state index contributed by atoms with van der Waals surface area (Å²) in [6, 6.07) is 24.1. The second-order valence-electron chi connectivity index (χ2n) is 5.47. The van der Waals surface area contributed by atoms with Crippen molar-refractivity contribution in [3.05, 3.63) is 88.9 Å². The molecule has 0 aliphatic heterocycles. The van der Waals surface area contributed by atoms with Crippen LogP contribution in [0.25, 0.3) is 0 Å². The molecule has 4 nitrogen and oxygen atoms in total. The van der Waals surface area contributed by atoms with Gasteiger partial charge in [-0.05, 0) is 42.5 Å². The minimum Gasteiger partial charge on any atom is -0.490 e. The molecule has 0 heterocycles. The van der Waals surface area contributed by atoms with E-state index in [2.05, 4.69) is 21.2 Å². The van der Waals surface area contributed by atoms with E-state index in [1.54, 1.807) is 12.1 Å². The monoisotopic (exact) mass is 411 g/mol. The van der Waals surface area contributed by atoms with Crippen molar-refractivity contribution in [3.8, 4) is 11.5 Å². The van der Waals surface area contributed by atoms with E-state index in [0.29, 0.717) is 30.2 Å². The molecule has 0 spiro atoms. The van der Waals surface area contributed by atoms with Crippen molar-refractivity contribution >= 4 is 27.5 Å². The molecule has 0 aromatic heterocycles. The largest absolute Gasteiger partial charge is 0.490 e.